The molecule has 0 bridgehead atoms. The van der Waals surface area contributed by atoms with Crippen molar-refractivity contribution in [3.05, 3.63) is 24.2 Å². The highest BCUT2D eigenvalue weighted by molar-refractivity contribution is 5.79. The lowest BCUT2D eigenvalue weighted by Crippen LogP contribution is -2.40. The molecule has 23 heavy (non-hydrogen) atoms. The fraction of sp³-hybridized carbons (Fsp3) is 0.737. The quantitative estimate of drug-likeness (QED) is 0.865. The second kappa shape index (κ2) is 7.52. The summed E-state index contributed by atoms with van der Waals surface area (Å²) in [6.07, 6.45) is 9.83. The van der Waals surface area contributed by atoms with E-state index in [1.165, 1.54) is 25.7 Å². The van der Waals surface area contributed by atoms with Gasteiger partial charge >= 0.3 is 0 Å². The summed E-state index contributed by atoms with van der Waals surface area (Å²) in [5.41, 5.74) is 0. The van der Waals surface area contributed by atoms with Crippen molar-refractivity contribution < 1.29 is 14.3 Å². The van der Waals surface area contributed by atoms with Gasteiger partial charge in [-0.15, -0.1) is 0 Å². The van der Waals surface area contributed by atoms with Crippen LogP contribution in [0.4, 0.5) is 0 Å². The minimum absolute atomic E-state index is 0.111. The number of hydrogen-bond donors (Lipinski definition) is 1. The van der Waals surface area contributed by atoms with Gasteiger partial charge in [0.1, 0.15) is 11.9 Å². The van der Waals surface area contributed by atoms with E-state index >= 15 is 0 Å². The minimum Gasteiger partial charge on any atom is -0.467 e. The fourth-order valence-electron chi connectivity index (χ4n) is 4.36. The maximum absolute atomic E-state index is 12.8. The average molecular weight is 319 g/mol. The van der Waals surface area contributed by atoms with E-state index in [4.69, 9.17) is 4.42 Å². The SMILES string of the molecule is CC(CC1CCCC1)C(=O)N1CCCC1CC(O)c1ccco1. The van der Waals surface area contributed by atoms with Gasteiger partial charge in [-0.2, -0.15) is 0 Å². The van der Waals surface area contributed by atoms with Crippen LogP contribution in [0.3, 0.4) is 0 Å². The zero-order valence-electron chi connectivity index (χ0n) is 14.1. The molecular weight excluding hydrogens is 290 g/mol. The van der Waals surface area contributed by atoms with E-state index in [1.807, 2.05) is 4.90 Å². The van der Waals surface area contributed by atoms with Crippen LogP contribution in [0, 0.1) is 11.8 Å². The monoisotopic (exact) mass is 319 g/mol. The Bertz CT molecular complexity index is 493. The summed E-state index contributed by atoms with van der Waals surface area (Å²) in [4.78, 5) is 14.9. The number of carbonyl (C=O) groups excluding carboxylic acids is 1. The Morgan fingerprint density at radius 3 is 2.78 bits per heavy atom. The molecule has 1 aliphatic carbocycles. The van der Waals surface area contributed by atoms with E-state index in [2.05, 4.69) is 6.92 Å². The predicted molar refractivity (Wildman–Crippen MR) is 88.8 cm³/mol. The first-order valence-electron chi connectivity index (χ1n) is 9.17. The molecule has 4 heteroatoms. The van der Waals surface area contributed by atoms with Crippen LogP contribution in [-0.4, -0.2) is 28.5 Å². The van der Waals surface area contributed by atoms with Crippen molar-refractivity contribution >= 4 is 5.91 Å². The van der Waals surface area contributed by atoms with Gasteiger partial charge in [0, 0.05) is 24.9 Å². The zero-order valence-corrected chi connectivity index (χ0v) is 14.1. The van der Waals surface area contributed by atoms with Crippen LogP contribution in [0.25, 0.3) is 0 Å². The summed E-state index contributed by atoms with van der Waals surface area (Å²) in [5.74, 6) is 1.73. The Labute approximate surface area is 138 Å². The molecule has 0 aromatic carbocycles. The van der Waals surface area contributed by atoms with Crippen LogP contribution in [0.15, 0.2) is 22.8 Å². The standard InChI is InChI=1S/C19H29NO3/c1-14(12-15-6-2-3-7-15)19(22)20-10-4-8-16(20)13-17(21)18-9-5-11-23-18/h5,9,11,14-17,21H,2-4,6-8,10,12-13H2,1H3. The minimum atomic E-state index is -0.617. The maximum atomic E-state index is 12.8. The molecule has 1 aromatic rings. The summed E-state index contributed by atoms with van der Waals surface area (Å²) in [7, 11) is 0. The Morgan fingerprint density at radius 1 is 1.30 bits per heavy atom. The molecule has 1 aliphatic heterocycles. The van der Waals surface area contributed by atoms with Crippen molar-refractivity contribution in [2.24, 2.45) is 11.8 Å². The topological polar surface area (TPSA) is 53.7 Å². The third-order valence-corrected chi connectivity index (χ3v) is 5.61. The van der Waals surface area contributed by atoms with E-state index in [0.29, 0.717) is 12.2 Å². The summed E-state index contributed by atoms with van der Waals surface area (Å²) in [6, 6.07) is 3.74. The van der Waals surface area contributed by atoms with Crippen molar-refractivity contribution in [1.29, 1.82) is 0 Å². The number of hydrogen-bond acceptors (Lipinski definition) is 3. The normalized spacial score (nSPS) is 25.0. The Kier molecular flexibility index (Phi) is 5.42. The van der Waals surface area contributed by atoms with Crippen LogP contribution < -0.4 is 0 Å². The first-order valence-corrected chi connectivity index (χ1v) is 9.17. The van der Waals surface area contributed by atoms with Gasteiger partial charge in [-0.25, -0.2) is 0 Å². The lowest BCUT2D eigenvalue weighted by atomic mass is 9.93. The highest BCUT2D eigenvalue weighted by Crippen LogP contribution is 2.33. The lowest BCUT2D eigenvalue weighted by molar-refractivity contribution is -0.136. The van der Waals surface area contributed by atoms with E-state index in [-0.39, 0.29) is 17.9 Å². The van der Waals surface area contributed by atoms with Crippen molar-refractivity contribution in [1.82, 2.24) is 4.90 Å². The number of carbonyl (C=O) groups is 1. The zero-order chi connectivity index (χ0) is 16.2. The summed E-state index contributed by atoms with van der Waals surface area (Å²) < 4.78 is 5.28. The number of likely N-dealkylation sites (tertiary alicyclic amines) is 1. The van der Waals surface area contributed by atoms with Gasteiger partial charge in [0.05, 0.1) is 6.26 Å². The number of aliphatic hydroxyl groups excluding tert-OH is 1. The second-order valence-electron chi connectivity index (χ2n) is 7.38. The highest BCUT2D eigenvalue weighted by Gasteiger charge is 2.34. The Morgan fingerprint density at radius 2 is 2.09 bits per heavy atom. The highest BCUT2D eigenvalue weighted by atomic mass is 16.4. The fourth-order valence-corrected chi connectivity index (χ4v) is 4.36. The van der Waals surface area contributed by atoms with Gasteiger partial charge in [-0.05, 0) is 37.3 Å². The molecule has 3 rings (SSSR count). The van der Waals surface area contributed by atoms with Crippen LogP contribution in [0.5, 0.6) is 0 Å². The van der Waals surface area contributed by atoms with E-state index in [9.17, 15) is 9.90 Å². The molecule has 1 saturated carbocycles. The molecular formula is C19H29NO3. The molecule has 128 valence electrons. The molecule has 2 aliphatic rings. The molecule has 3 unspecified atom stereocenters. The molecule has 3 atom stereocenters. The molecule has 2 fully saturated rings. The smallest absolute Gasteiger partial charge is 0.225 e. The third-order valence-electron chi connectivity index (χ3n) is 5.61. The molecule has 0 spiro atoms. The van der Waals surface area contributed by atoms with Crippen molar-refractivity contribution in [2.45, 2.75) is 70.4 Å². The Balaban J connectivity index is 1.55. The maximum Gasteiger partial charge on any atom is 0.225 e. The molecule has 1 saturated heterocycles. The number of aliphatic hydroxyl groups is 1. The predicted octanol–water partition coefficient (Wildman–Crippen LogP) is 3.91. The van der Waals surface area contributed by atoms with Crippen LogP contribution >= 0.6 is 0 Å². The molecule has 0 radical (unpaired) electrons. The first kappa shape index (κ1) is 16.6. The third kappa shape index (κ3) is 3.97. The van der Waals surface area contributed by atoms with Crippen LogP contribution in [0.2, 0.25) is 0 Å². The van der Waals surface area contributed by atoms with Gasteiger partial charge < -0.3 is 14.4 Å². The average Bonchev–Trinajstić information content (AvgIpc) is 3.28. The molecule has 4 nitrogen and oxygen atoms in total. The second-order valence-corrected chi connectivity index (χ2v) is 7.38. The molecule has 1 N–H and O–H groups in total. The molecule has 1 amide bonds. The van der Waals surface area contributed by atoms with Crippen molar-refractivity contribution in [3.63, 3.8) is 0 Å². The summed E-state index contributed by atoms with van der Waals surface area (Å²) in [6.45, 7) is 2.92. The van der Waals surface area contributed by atoms with E-state index in [1.54, 1.807) is 18.4 Å². The summed E-state index contributed by atoms with van der Waals surface area (Å²) >= 11 is 0. The number of nitrogens with zero attached hydrogens (tertiary/aromatic N) is 1. The molecule has 2 heterocycles. The van der Waals surface area contributed by atoms with Crippen LogP contribution in [0.1, 0.15) is 70.2 Å². The number of furan rings is 1. The van der Waals surface area contributed by atoms with Crippen molar-refractivity contribution in [2.75, 3.05) is 6.54 Å². The number of rotatable bonds is 6. The lowest BCUT2D eigenvalue weighted by Gasteiger charge is -2.29. The largest absolute Gasteiger partial charge is 0.467 e. The number of amides is 1. The Hall–Kier alpha value is -1.29. The van der Waals surface area contributed by atoms with Crippen LogP contribution in [-0.2, 0) is 4.79 Å². The molecule has 1 aromatic heterocycles. The summed E-state index contributed by atoms with van der Waals surface area (Å²) in [5, 5.41) is 10.3. The van der Waals surface area contributed by atoms with E-state index < -0.39 is 6.10 Å². The van der Waals surface area contributed by atoms with Gasteiger partial charge in [-0.1, -0.05) is 32.6 Å². The van der Waals surface area contributed by atoms with Gasteiger partial charge in [0.25, 0.3) is 0 Å². The van der Waals surface area contributed by atoms with Gasteiger partial charge in [-0.3, -0.25) is 4.79 Å². The van der Waals surface area contributed by atoms with Crippen molar-refractivity contribution in [3.8, 4) is 0 Å². The van der Waals surface area contributed by atoms with Gasteiger partial charge in [0.15, 0.2) is 0 Å². The van der Waals surface area contributed by atoms with E-state index in [0.717, 1.165) is 31.7 Å². The first-order chi connectivity index (χ1) is 11.1. The van der Waals surface area contributed by atoms with Gasteiger partial charge in [0.2, 0.25) is 5.91 Å².